The molecule has 0 aliphatic carbocycles. The van der Waals surface area contributed by atoms with Crippen molar-refractivity contribution in [1.82, 2.24) is 0 Å². The second-order valence-corrected chi connectivity index (χ2v) is 5.99. The molecule has 0 saturated carbocycles. The van der Waals surface area contributed by atoms with E-state index in [4.69, 9.17) is 0 Å². The summed E-state index contributed by atoms with van der Waals surface area (Å²) in [7, 11) is 0. The first-order valence-corrected chi connectivity index (χ1v) is 7.46. The molecule has 0 amide bonds. The Bertz CT molecular complexity index is 712. The molecule has 0 radical (unpaired) electrons. The van der Waals surface area contributed by atoms with E-state index in [0.29, 0.717) is 0 Å². The highest BCUT2D eigenvalue weighted by Gasteiger charge is 2.24. The van der Waals surface area contributed by atoms with Crippen molar-refractivity contribution < 1.29 is 0 Å². The van der Waals surface area contributed by atoms with Gasteiger partial charge < -0.3 is 0 Å². The predicted octanol–water partition coefficient (Wildman–Crippen LogP) is 6.11. The molecule has 0 heterocycles. The number of aryl methyl sites for hydroxylation is 1. The molecule has 0 saturated heterocycles. The first-order chi connectivity index (χ1) is 10.0. The summed E-state index contributed by atoms with van der Waals surface area (Å²) in [6.45, 7) is 12.7. The van der Waals surface area contributed by atoms with Gasteiger partial charge in [-0.1, -0.05) is 81.1 Å². The number of fused-ring (bicyclic) bond motifs is 1. The van der Waals surface area contributed by atoms with Gasteiger partial charge in [0.05, 0.1) is 0 Å². The lowest BCUT2D eigenvalue weighted by Gasteiger charge is -2.28. The minimum Gasteiger partial charge on any atom is -0.0988 e. The van der Waals surface area contributed by atoms with E-state index in [0.717, 1.165) is 0 Å². The van der Waals surface area contributed by atoms with Crippen molar-refractivity contribution in [1.29, 1.82) is 0 Å². The maximum Gasteiger partial charge on any atom is 0.0146 e. The van der Waals surface area contributed by atoms with E-state index in [1.54, 1.807) is 0 Å². The van der Waals surface area contributed by atoms with Crippen LogP contribution in [-0.4, -0.2) is 0 Å². The number of rotatable bonds is 4. The molecule has 21 heavy (non-hydrogen) atoms. The van der Waals surface area contributed by atoms with Crippen molar-refractivity contribution in [3.05, 3.63) is 84.0 Å². The van der Waals surface area contributed by atoms with Gasteiger partial charge in [0.2, 0.25) is 0 Å². The predicted molar refractivity (Wildman–Crippen MR) is 94.8 cm³/mol. The topological polar surface area (TPSA) is 0 Å². The lowest BCUT2D eigenvalue weighted by atomic mass is 9.76. The monoisotopic (exact) mass is 276 g/mol. The van der Waals surface area contributed by atoms with E-state index in [9.17, 15) is 0 Å². The molecule has 0 bridgehead atoms. The van der Waals surface area contributed by atoms with E-state index in [2.05, 4.69) is 75.9 Å². The van der Waals surface area contributed by atoms with Crippen molar-refractivity contribution in [3.63, 3.8) is 0 Å². The molecule has 0 atom stereocenters. The second-order valence-electron chi connectivity index (χ2n) is 5.99. The van der Waals surface area contributed by atoms with Gasteiger partial charge in [0, 0.05) is 5.41 Å². The van der Waals surface area contributed by atoms with Crippen molar-refractivity contribution in [3.8, 4) is 0 Å². The molecule has 108 valence electrons. The normalized spacial score (nSPS) is 13.0. The Labute approximate surface area is 128 Å². The largest absolute Gasteiger partial charge is 0.0988 e. The smallest absolute Gasteiger partial charge is 0.0146 e. The summed E-state index contributed by atoms with van der Waals surface area (Å²) in [5.41, 5.74) is 3.83. The van der Waals surface area contributed by atoms with Gasteiger partial charge in [0.15, 0.2) is 0 Å². The summed E-state index contributed by atoms with van der Waals surface area (Å²) in [5, 5.41) is 2.63. The molecule has 0 unspecified atom stereocenters. The van der Waals surface area contributed by atoms with E-state index < -0.39 is 0 Å². The zero-order valence-electron chi connectivity index (χ0n) is 13.5. The Morgan fingerprint density at radius 1 is 1.14 bits per heavy atom. The molecule has 2 aromatic rings. The zero-order chi connectivity index (χ0) is 15.5. The highest BCUT2D eigenvalue weighted by Crippen LogP contribution is 2.35. The summed E-state index contributed by atoms with van der Waals surface area (Å²) < 4.78 is 0. The van der Waals surface area contributed by atoms with Crippen LogP contribution in [0.5, 0.6) is 0 Å². The molecule has 0 aliphatic heterocycles. The minimum atomic E-state index is -0.0595. The highest BCUT2D eigenvalue weighted by molar-refractivity contribution is 5.86. The van der Waals surface area contributed by atoms with Crippen LogP contribution in [0.4, 0.5) is 0 Å². The van der Waals surface area contributed by atoms with Crippen molar-refractivity contribution in [2.45, 2.75) is 33.1 Å². The second kappa shape index (κ2) is 6.13. The molecule has 0 spiro atoms. The van der Waals surface area contributed by atoms with Gasteiger partial charge in [-0.15, -0.1) is 0 Å². The van der Waals surface area contributed by atoms with E-state index >= 15 is 0 Å². The number of hydrogen-bond acceptors (Lipinski definition) is 0. The maximum atomic E-state index is 3.99. The Balaban J connectivity index is 2.61. The van der Waals surface area contributed by atoms with Crippen LogP contribution >= 0.6 is 0 Å². The number of hydrogen-bond donors (Lipinski definition) is 0. The Morgan fingerprint density at radius 3 is 2.52 bits per heavy atom. The van der Waals surface area contributed by atoms with Crippen LogP contribution in [0.15, 0.2) is 72.9 Å². The van der Waals surface area contributed by atoms with Crippen LogP contribution < -0.4 is 0 Å². The standard InChI is InChI=1S/C21H24/c1-6-8-12-18(7-2)21(4,5)19-14-16(3)20-13-10-9-11-17(20)15-19/h6-15H,2H2,1,3-5H3/b8-6-,18-12+. The summed E-state index contributed by atoms with van der Waals surface area (Å²) in [4.78, 5) is 0. The Kier molecular flexibility index (Phi) is 4.47. The maximum absolute atomic E-state index is 3.99. The van der Waals surface area contributed by atoms with Crippen molar-refractivity contribution in [2.75, 3.05) is 0 Å². The Morgan fingerprint density at radius 2 is 1.86 bits per heavy atom. The van der Waals surface area contributed by atoms with E-state index in [-0.39, 0.29) is 5.41 Å². The molecule has 0 heteroatoms. The third-order valence-corrected chi connectivity index (χ3v) is 4.20. The van der Waals surface area contributed by atoms with E-state index in [1.165, 1.54) is 27.5 Å². The van der Waals surface area contributed by atoms with Gasteiger partial charge in [-0.25, -0.2) is 0 Å². The average Bonchev–Trinajstić information content (AvgIpc) is 2.48. The third-order valence-electron chi connectivity index (χ3n) is 4.20. The quantitative estimate of drug-likeness (QED) is 0.591. The van der Waals surface area contributed by atoms with Crippen LogP contribution in [-0.2, 0) is 5.41 Å². The first kappa shape index (κ1) is 15.3. The van der Waals surface area contributed by atoms with Crippen LogP contribution in [0, 0.1) is 6.92 Å². The molecule has 0 aliphatic rings. The van der Waals surface area contributed by atoms with Gasteiger partial charge in [-0.05, 0) is 41.3 Å². The molecule has 2 rings (SSSR count). The fourth-order valence-electron chi connectivity index (χ4n) is 2.76. The van der Waals surface area contributed by atoms with Gasteiger partial charge in [-0.3, -0.25) is 0 Å². The Hall–Kier alpha value is -2.08. The zero-order valence-corrected chi connectivity index (χ0v) is 13.5. The van der Waals surface area contributed by atoms with E-state index in [1.807, 2.05) is 19.1 Å². The van der Waals surface area contributed by atoms with Crippen LogP contribution in [0.1, 0.15) is 31.9 Å². The molecule has 0 fully saturated rings. The summed E-state index contributed by atoms with van der Waals surface area (Å²) in [6, 6.07) is 13.2. The van der Waals surface area contributed by atoms with Gasteiger partial charge in [-0.2, -0.15) is 0 Å². The van der Waals surface area contributed by atoms with Crippen LogP contribution in [0.3, 0.4) is 0 Å². The van der Waals surface area contributed by atoms with Crippen molar-refractivity contribution in [2.24, 2.45) is 0 Å². The fourth-order valence-corrected chi connectivity index (χ4v) is 2.76. The van der Waals surface area contributed by atoms with Gasteiger partial charge in [0.1, 0.15) is 0 Å². The lowest BCUT2D eigenvalue weighted by molar-refractivity contribution is 0.640. The number of allylic oxidation sites excluding steroid dienone is 5. The van der Waals surface area contributed by atoms with Crippen LogP contribution in [0.25, 0.3) is 10.8 Å². The lowest BCUT2D eigenvalue weighted by Crippen LogP contribution is -2.19. The first-order valence-electron chi connectivity index (χ1n) is 7.46. The molecule has 2 aromatic carbocycles. The third kappa shape index (κ3) is 3.00. The molecular weight excluding hydrogens is 252 g/mol. The van der Waals surface area contributed by atoms with Gasteiger partial charge in [0.25, 0.3) is 0 Å². The highest BCUT2D eigenvalue weighted by atomic mass is 14.3. The van der Waals surface area contributed by atoms with Gasteiger partial charge >= 0.3 is 0 Å². The van der Waals surface area contributed by atoms with Crippen molar-refractivity contribution >= 4 is 10.8 Å². The average molecular weight is 276 g/mol. The molecule has 0 N–H and O–H groups in total. The SMILES string of the molecule is C=C/C(=C\C=C/C)C(C)(C)c1cc(C)c2ccccc2c1. The molecule has 0 aromatic heterocycles. The molecule has 0 nitrogen and oxygen atoms in total. The number of benzene rings is 2. The summed E-state index contributed by atoms with van der Waals surface area (Å²) in [6.07, 6.45) is 8.24. The fraction of sp³-hybridized carbons (Fsp3) is 0.238. The minimum absolute atomic E-state index is 0.0595. The summed E-state index contributed by atoms with van der Waals surface area (Å²) in [5.74, 6) is 0. The summed E-state index contributed by atoms with van der Waals surface area (Å²) >= 11 is 0. The molecular formula is C21H24. The van der Waals surface area contributed by atoms with Crippen LogP contribution in [0.2, 0.25) is 0 Å².